The van der Waals surface area contributed by atoms with Crippen molar-refractivity contribution in [1.29, 1.82) is 0 Å². The van der Waals surface area contributed by atoms with Gasteiger partial charge in [-0.05, 0) is 43.0 Å². The number of amides is 1. The number of carbonyl (C=O) groups is 1. The van der Waals surface area contributed by atoms with E-state index in [1.165, 1.54) is 11.3 Å². The van der Waals surface area contributed by atoms with Crippen LogP contribution in [-0.2, 0) is 4.79 Å². The smallest absolute Gasteiger partial charge is 0.209 e. The standard InChI is InChI=1S/C12H17N3OS/c16-8-15-6-10-9(3-5-13-11(10)7-15)12-2-1-4-14-17-12/h1-2,4,8-11,13-14H,3,5-7H2/t9?,10-,11-/m0/s1. The van der Waals surface area contributed by atoms with E-state index in [9.17, 15) is 4.79 Å². The summed E-state index contributed by atoms with van der Waals surface area (Å²) in [5, 5.41) is 3.54. The fourth-order valence-electron chi connectivity index (χ4n) is 3.08. The van der Waals surface area contributed by atoms with Crippen molar-refractivity contribution >= 4 is 18.4 Å². The maximum Gasteiger partial charge on any atom is 0.209 e. The maximum atomic E-state index is 10.9. The summed E-state index contributed by atoms with van der Waals surface area (Å²) in [6.45, 7) is 2.82. The molecule has 5 heteroatoms. The Morgan fingerprint density at radius 2 is 2.41 bits per heavy atom. The SMILES string of the molecule is O=CN1C[C@@H]2NCCC(C3=CC=CNS3)[C@@H]2C1. The van der Waals surface area contributed by atoms with Gasteiger partial charge in [0.05, 0.1) is 0 Å². The summed E-state index contributed by atoms with van der Waals surface area (Å²) in [4.78, 5) is 14.2. The van der Waals surface area contributed by atoms with Gasteiger partial charge in [-0.2, -0.15) is 0 Å². The van der Waals surface area contributed by atoms with Crippen molar-refractivity contribution < 1.29 is 4.79 Å². The molecule has 0 spiro atoms. The molecule has 0 saturated carbocycles. The van der Waals surface area contributed by atoms with Crippen molar-refractivity contribution in [2.75, 3.05) is 19.6 Å². The van der Waals surface area contributed by atoms with Crippen LogP contribution in [0.3, 0.4) is 0 Å². The van der Waals surface area contributed by atoms with E-state index in [-0.39, 0.29) is 0 Å². The molecule has 4 nitrogen and oxygen atoms in total. The Labute approximate surface area is 106 Å². The Kier molecular flexibility index (Phi) is 3.11. The molecule has 0 aliphatic carbocycles. The maximum absolute atomic E-state index is 10.9. The van der Waals surface area contributed by atoms with Crippen molar-refractivity contribution in [3.63, 3.8) is 0 Å². The normalized spacial score (nSPS) is 36.1. The van der Waals surface area contributed by atoms with Crippen molar-refractivity contribution in [3.8, 4) is 0 Å². The van der Waals surface area contributed by atoms with Gasteiger partial charge in [-0.15, -0.1) is 0 Å². The van der Waals surface area contributed by atoms with Crippen molar-refractivity contribution in [2.45, 2.75) is 12.5 Å². The van der Waals surface area contributed by atoms with Crippen LogP contribution in [0.4, 0.5) is 0 Å². The predicted molar refractivity (Wildman–Crippen MR) is 69.0 cm³/mol. The lowest BCUT2D eigenvalue weighted by molar-refractivity contribution is -0.117. The molecule has 2 fully saturated rings. The second kappa shape index (κ2) is 4.74. The number of carbonyl (C=O) groups excluding carboxylic acids is 1. The first-order chi connectivity index (χ1) is 8.38. The number of nitrogens with zero attached hydrogens (tertiary/aromatic N) is 1. The zero-order valence-corrected chi connectivity index (χ0v) is 10.5. The number of piperidine rings is 1. The van der Waals surface area contributed by atoms with Gasteiger partial charge in [-0.3, -0.25) is 4.79 Å². The van der Waals surface area contributed by atoms with Crippen LogP contribution in [0.1, 0.15) is 6.42 Å². The van der Waals surface area contributed by atoms with Crippen LogP contribution in [0.15, 0.2) is 23.3 Å². The molecule has 0 aromatic heterocycles. The van der Waals surface area contributed by atoms with Gasteiger partial charge in [0.1, 0.15) is 0 Å². The lowest BCUT2D eigenvalue weighted by atomic mass is 9.82. The summed E-state index contributed by atoms with van der Waals surface area (Å²) in [5.41, 5.74) is 0. The molecular weight excluding hydrogens is 234 g/mol. The Hall–Kier alpha value is -0.940. The highest BCUT2D eigenvalue weighted by atomic mass is 32.2. The van der Waals surface area contributed by atoms with E-state index in [1.807, 2.05) is 11.1 Å². The predicted octanol–water partition coefficient (Wildman–Crippen LogP) is 0.702. The van der Waals surface area contributed by atoms with Gasteiger partial charge >= 0.3 is 0 Å². The fraction of sp³-hybridized carbons (Fsp3) is 0.583. The average Bonchev–Trinajstić information content (AvgIpc) is 2.82. The third-order valence-electron chi connectivity index (χ3n) is 3.89. The molecule has 3 rings (SSSR count). The summed E-state index contributed by atoms with van der Waals surface area (Å²) in [6, 6.07) is 0.478. The van der Waals surface area contributed by atoms with Crippen LogP contribution < -0.4 is 10.0 Å². The molecule has 0 aromatic carbocycles. The molecule has 2 N–H and O–H groups in total. The largest absolute Gasteiger partial charge is 0.343 e. The topological polar surface area (TPSA) is 44.4 Å². The number of nitrogens with one attached hydrogen (secondary N) is 2. The van der Waals surface area contributed by atoms with Crippen LogP contribution in [0.2, 0.25) is 0 Å². The molecule has 3 aliphatic heterocycles. The molecule has 1 unspecified atom stereocenters. The average molecular weight is 251 g/mol. The Bertz CT molecular complexity index is 369. The van der Waals surface area contributed by atoms with E-state index in [4.69, 9.17) is 0 Å². The van der Waals surface area contributed by atoms with Gasteiger partial charge in [0.2, 0.25) is 6.41 Å². The molecule has 3 atom stereocenters. The van der Waals surface area contributed by atoms with E-state index in [0.717, 1.165) is 26.0 Å². The van der Waals surface area contributed by atoms with Crippen LogP contribution in [0.25, 0.3) is 0 Å². The first-order valence-electron chi connectivity index (χ1n) is 6.10. The van der Waals surface area contributed by atoms with Gasteiger partial charge in [-0.1, -0.05) is 0 Å². The number of allylic oxidation sites excluding steroid dienone is 3. The van der Waals surface area contributed by atoms with E-state index >= 15 is 0 Å². The fourth-order valence-corrected chi connectivity index (χ4v) is 3.95. The number of hydrogen-bond acceptors (Lipinski definition) is 4. The summed E-state index contributed by atoms with van der Waals surface area (Å²) in [7, 11) is 0. The number of rotatable bonds is 2. The molecule has 0 radical (unpaired) electrons. The Balaban J connectivity index is 1.78. The van der Waals surface area contributed by atoms with Gasteiger partial charge < -0.3 is 14.9 Å². The molecule has 92 valence electrons. The molecule has 2 saturated heterocycles. The minimum Gasteiger partial charge on any atom is -0.343 e. The van der Waals surface area contributed by atoms with Crippen molar-refractivity contribution in [3.05, 3.63) is 23.3 Å². The number of hydrogen-bond donors (Lipinski definition) is 2. The first-order valence-corrected chi connectivity index (χ1v) is 6.92. The van der Waals surface area contributed by atoms with Crippen LogP contribution >= 0.6 is 11.9 Å². The van der Waals surface area contributed by atoms with Gasteiger partial charge in [-0.25, -0.2) is 0 Å². The first kappa shape index (κ1) is 11.2. The summed E-state index contributed by atoms with van der Waals surface area (Å²) < 4.78 is 3.20. The summed E-state index contributed by atoms with van der Waals surface area (Å²) in [5.74, 6) is 1.16. The number of likely N-dealkylation sites (tertiary alicyclic amines) is 1. The third kappa shape index (κ3) is 2.09. The highest BCUT2D eigenvalue weighted by Gasteiger charge is 2.41. The molecule has 0 aromatic rings. The lowest BCUT2D eigenvalue weighted by Gasteiger charge is -2.35. The number of fused-ring (bicyclic) bond motifs is 1. The molecular formula is C12H17N3OS. The second-order valence-corrected chi connectivity index (χ2v) is 5.74. The Morgan fingerprint density at radius 1 is 1.47 bits per heavy atom. The zero-order chi connectivity index (χ0) is 11.7. The van der Waals surface area contributed by atoms with Gasteiger partial charge in [0, 0.05) is 36.2 Å². The molecule has 3 heterocycles. The highest BCUT2D eigenvalue weighted by Crippen LogP contribution is 2.38. The monoisotopic (exact) mass is 251 g/mol. The zero-order valence-electron chi connectivity index (χ0n) is 9.63. The van der Waals surface area contributed by atoms with E-state index < -0.39 is 0 Å². The summed E-state index contributed by atoms with van der Waals surface area (Å²) in [6.07, 6.45) is 8.38. The quantitative estimate of drug-likeness (QED) is 0.560. The van der Waals surface area contributed by atoms with Crippen molar-refractivity contribution in [2.24, 2.45) is 11.8 Å². The molecule has 3 aliphatic rings. The summed E-state index contributed by atoms with van der Waals surface area (Å²) >= 11 is 1.72. The minimum atomic E-state index is 0.478. The van der Waals surface area contributed by atoms with Crippen LogP contribution in [-0.4, -0.2) is 37.0 Å². The second-order valence-electron chi connectivity index (χ2n) is 4.83. The van der Waals surface area contributed by atoms with E-state index in [2.05, 4.69) is 22.2 Å². The van der Waals surface area contributed by atoms with Crippen molar-refractivity contribution in [1.82, 2.24) is 14.9 Å². The van der Waals surface area contributed by atoms with Gasteiger partial charge in [0.15, 0.2) is 0 Å². The lowest BCUT2D eigenvalue weighted by Crippen LogP contribution is -2.45. The molecule has 1 amide bonds. The Morgan fingerprint density at radius 3 is 3.18 bits per heavy atom. The van der Waals surface area contributed by atoms with E-state index in [1.54, 1.807) is 11.9 Å². The molecule has 17 heavy (non-hydrogen) atoms. The molecule has 0 bridgehead atoms. The van der Waals surface area contributed by atoms with Crippen LogP contribution in [0, 0.1) is 11.8 Å². The van der Waals surface area contributed by atoms with Gasteiger partial charge in [0.25, 0.3) is 0 Å². The highest BCUT2D eigenvalue weighted by molar-refractivity contribution is 8.01. The minimum absolute atomic E-state index is 0.478. The third-order valence-corrected chi connectivity index (χ3v) is 4.82. The van der Waals surface area contributed by atoms with E-state index in [0.29, 0.717) is 17.9 Å². The van der Waals surface area contributed by atoms with Crippen LogP contribution in [0.5, 0.6) is 0 Å².